The molecule has 4 rings (SSSR count). The van der Waals surface area contributed by atoms with E-state index in [-0.39, 0.29) is 30.9 Å². The van der Waals surface area contributed by atoms with Gasteiger partial charge >= 0.3 is 11.9 Å². The molecule has 0 aliphatic carbocycles. The van der Waals surface area contributed by atoms with Crippen molar-refractivity contribution in [1.29, 1.82) is 0 Å². The first kappa shape index (κ1) is 28.5. The second-order valence-corrected chi connectivity index (χ2v) is 10.0. The molecule has 2 aliphatic rings. The van der Waals surface area contributed by atoms with Gasteiger partial charge < -0.3 is 34.8 Å². The van der Waals surface area contributed by atoms with Crippen LogP contribution in [0.25, 0.3) is 0 Å². The smallest absolute Gasteiger partial charge is 0.348 e. The van der Waals surface area contributed by atoms with E-state index in [1.807, 2.05) is 30.3 Å². The molecule has 0 spiro atoms. The number of hydrogen-bond acceptors (Lipinski definition) is 10. The number of phenols is 1. The van der Waals surface area contributed by atoms with Crippen molar-refractivity contribution in [3.05, 3.63) is 65.7 Å². The molecule has 11 nitrogen and oxygen atoms in total. The minimum absolute atomic E-state index is 0.0396. The molecule has 2 fully saturated rings. The van der Waals surface area contributed by atoms with Crippen molar-refractivity contribution in [3.8, 4) is 5.75 Å². The van der Waals surface area contributed by atoms with E-state index in [1.165, 1.54) is 26.0 Å². The molecule has 1 amide bonds. The summed E-state index contributed by atoms with van der Waals surface area (Å²) < 4.78 is 16.3. The van der Waals surface area contributed by atoms with E-state index in [0.717, 1.165) is 5.56 Å². The Labute approximate surface area is 226 Å². The zero-order chi connectivity index (χ0) is 28.1. The van der Waals surface area contributed by atoms with E-state index < -0.39 is 66.3 Å². The van der Waals surface area contributed by atoms with Gasteiger partial charge in [-0.1, -0.05) is 42.5 Å². The topological polar surface area (TPSA) is 164 Å². The Morgan fingerprint density at radius 1 is 0.974 bits per heavy atom. The highest BCUT2D eigenvalue weighted by atomic mass is 16.6. The molecule has 0 bridgehead atoms. The van der Waals surface area contributed by atoms with E-state index in [0.29, 0.717) is 0 Å². The molecule has 2 unspecified atom stereocenters. The monoisotopic (exact) mass is 542 g/mol. The molecule has 2 heterocycles. The first-order valence-corrected chi connectivity index (χ1v) is 12.9. The van der Waals surface area contributed by atoms with Crippen molar-refractivity contribution < 1.29 is 43.9 Å². The van der Waals surface area contributed by atoms with Crippen LogP contribution in [0, 0.1) is 11.8 Å². The number of phenolic OH excluding ortho intramolecular Hbond substituents is 1. The van der Waals surface area contributed by atoms with E-state index in [9.17, 15) is 29.7 Å². The zero-order valence-corrected chi connectivity index (χ0v) is 21.7. The van der Waals surface area contributed by atoms with Crippen LogP contribution < -0.4 is 10.6 Å². The Balaban J connectivity index is 1.66. The molecule has 210 valence electrons. The van der Waals surface area contributed by atoms with Crippen LogP contribution in [0.4, 0.5) is 0 Å². The van der Waals surface area contributed by atoms with Crippen LogP contribution >= 0.6 is 0 Å². The number of benzene rings is 2. The maximum Gasteiger partial charge on any atom is 0.348 e. The van der Waals surface area contributed by atoms with E-state index in [1.54, 1.807) is 12.1 Å². The van der Waals surface area contributed by atoms with Gasteiger partial charge in [-0.15, -0.1) is 0 Å². The lowest BCUT2D eigenvalue weighted by molar-refractivity contribution is -0.193. The SMILES string of the molecule is C[C@H]1OC(=O)C(C2COC2)OC(=O)[C@H](C)[C@H](O)[C@H](Cc2ccccc2)NC(O)[C@H]1NC(=O)c1ccccc1O. The van der Waals surface area contributed by atoms with Gasteiger partial charge in [-0.2, -0.15) is 0 Å². The number of para-hydroxylation sites is 1. The highest BCUT2D eigenvalue weighted by Crippen LogP contribution is 2.24. The van der Waals surface area contributed by atoms with Gasteiger partial charge in [0.2, 0.25) is 6.10 Å². The number of esters is 2. The summed E-state index contributed by atoms with van der Waals surface area (Å²) in [5.74, 6) is -4.12. The summed E-state index contributed by atoms with van der Waals surface area (Å²) in [5, 5.41) is 38.2. The third-order valence-electron chi connectivity index (χ3n) is 7.14. The van der Waals surface area contributed by atoms with E-state index >= 15 is 0 Å². The Morgan fingerprint density at radius 2 is 1.64 bits per heavy atom. The fraction of sp³-hybridized carbons (Fsp3) is 0.464. The Morgan fingerprint density at radius 3 is 2.28 bits per heavy atom. The van der Waals surface area contributed by atoms with E-state index in [4.69, 9.17) is 14.2 Å². The normalized spacial score (nSPS) is 30.6. The number of aromatic hydroxyl groups is 1. The van der Waals surface area contributed by atoms with Gasteiger partial charge in [0, 0.05) is 6.04 Å². The summed E-state index contributed by atoms with van der Waals surface area (Å²) in [4.78, 5) is 39.2. The molecule has 39 heavy (non-hydrogen) atoms. The van der Waals surface area contributed by atoms with Gasteiger partial charge in [-0.25, -0.2) is 4.79 Å². The van der Waals surface area contributed by atoms with Crippen LogP contribution in [0.2, 0.25) is 0 Å². The number of carbonyl (C=O) groups excluding carboxylic acids is 3. The second kappa shape index (κ2) is 12.6. The molecule has 5 N–H and O–H groups in total. The fourth-order valence-electron chi connectivity index (χ4n) is 4.63. The predicted octanol–water partition coefficient (Wildman–Crippen LogP) is 0.510. The highest BCUT2D eigenvalue weighted by Gasteiger charge is 2.44. The van der Waals surface area contributed by atoms with Crippen LogP contribution in [0.3, 0.4) is 0 Å². The maximum atomic E-state index is 13.1. The lowest BCUT2D eigenvalue weighted by Crippen LogP contribution is -2.62. The number of aliphatic hydroxyl groups is 2. The van der Waals surface area contributed by atoms with Gasteiger partial charge in [0.05, 0.1) is 36.7 Å². The van der Waals surface area contributed by atoms with Crippen LogP contribution in [-0.4, -0.2) is 83.0 Å². The summed E-state index contributed by atoms with van der Waals surface area (Å²) in [5.41, 5.74) is 0.787. The number of ether oxygens (including phenoxy) is 3. The first-order chi connectivity index (χ1) is 18.7. The number of carbonyl (C=O) groups is 3. The number of hydrogen-bond donors (Lipinski definition) is 5. The molecular weight excluding hydrogens is 508 g/mol. The van der Waals surface area contributed by atoms with Gasteiger partial charge in [-0.05, 0) is 38.0 Å². The van der Waals surface area contributed by atoms with Crippen LogP contribution in [0.5, 0.6) is 5.75 Å². The summed E-state index contributed by atoms with van der Waals surface area (Å²) in [6.07, 6.45) is -5.02. The average molecular weight is 543 g/mol. The second-order valence-electron chi connectivity index (χ2n) is 10.0. The molecule has 2 aromatic rings. The quantitative estimate of drug-likeness (QED) is 0.336. The summed E-state index contributed by atoms with van der Waals surface area (Å²) in [7, 11) is 0. The van der Waals surface area contributed by atoms with Crippen molar-refractivity contribution in [3.63, 3.8) is 0 Å². The van der Waals surface area contributed by atoms with Crippen molar-refractivity contribution in [2.45, 2.75) is 56.9 Å². The number of amides is 1. The minimum Gasteiger partial charge on any atom is -0.507 e. The largest absolute Gasteiger partial charge is 0.507 e. The molecule has 0 radical (unpaired) electrons. The molecule has 11 heteroatoms. The predicted molar refractivity (Wildman–Crippen MR) is 137 cm³/mol. The van der Waals surface area contributed by atoms with Gasteiger partial charge in [0.1, 0.15) is 24.1 Å². The van der Waals surface area contributed by atoms with Crippen LogP contribution in [0.1, 0.15) is 29.8 Å². The highest BCUT2D eigenvalue weighted by molar-refractivity contribution is 5.97. The van der Waals surface area contributed by atoms with Crippen molar-refractivity contribution in [1.82, 2.24) is 10.6 Å². The molecule has 0 aromatic heterocycles. The molecule has 7 atom stereocenters. The maximum absolute atomic E-state index is 13.1. The van der Waals surface area contributed by atoms with E-state index in [2.05, 4.69) is 10.6 Å². The Hall–Kier alpha value is -3.51. The minimum atomic E-state index is -1.53. The molecule has 2 saturated heterocycles. The fourth-order valence-corrected chi connectivity index (χ4v) is 4.63. The molecule has 2 aliphatic heterocycles. The standard InChI is InChI=1S/C28H34N2O9/c1-15-23(32)20(12-17-8-4-3-5-9-17)29-26(34)22(30-25(33)19-10-6-7-11-21(19)31)16(2)38-28(36)24(39-27(15)35)18-13-37-14-18/h3-11,15-16,18,20,22-24,26,29,31-32,34H,12-14H2,1-2H3,(H,30,33)/t15-,16-,20+,22+,23+,24?,26?/m1/s1. The summed E-state index contributed by atoms with van der Waals surface area (Å²) >= 11 is 0. The number of nitrogens with one attached hydrogen (secondary N) is 2. The van der Waals surface area contributed by atoms with Crippen molar-refractivity contribution in [2.24, 2.45) is 11.8 Å². The summed E-state index contributed by atoms with van der Waals surface area (Å²) in [6.45, 7) is 3.33. The number of rotatable bonds is 5. The van der Waals surface area contributed by atoms with Gasteiger partial charge in [0.15, 0.2) is 0 Å². The van der Waals surface area contributed by atoms with Crippen LogP contribution in [0.15, 0.2) is 54.6 Å². The van der Waals surface area contributed by atoms with Crippen molar-refractivity contribution in [2.75, 3.05) is 13.2 Å². The first-order valence-electron chi connectivity index (χ1n) is 12.9. The zero-order valence-electron chi connectivity index (χ0n) is 21.7. The molecular formula is C28H34N2O9. The molecule has 2 aromatic carbocycles. The summed E-state index contributed by atoms with van der Waals surface area (Å²) in [6, 6.07) is 13.0. The average Bonchev–Trinajstić information content (AvgIpc) is 2.89. The van der Waals surface area contributed by atoms with Gasteiger partial charge in [0.25, 0.3) is 5.91 Å². The lowest BCUT2D eigenvalue weighted by Gasteiger charge is -2.38. The number of aliphatic hydroxyl groups excluding tert-OH is 2. The third-order valence-corrected chi connectivity index (χ3v) is 7.14. The van der Waals surface area contributed by atoms with Gasteiger partial charge in [-0.3, -0.25) is 14.9 Å². The molecule has 0 saturated carbocycles. The van der Waals surface area contributed by atoms with Crippen LogP contribution in [-0.2, 0) is 30.2 Å². The lowest BCUT2D eigenvalue weighted by atomic mass is 9.91. The Bertz CT molecular complexity index is 1160. The number of cyclic esters (lactones) is 2. The van der Waals surface area contributed by atoms with Crippen molar-refractivity contribution >= 4 is 17.8 Å². The third kappa shape index (κ3) is 6.74. The Kier molecular flexibility index (Phi) is 9.18.